The predicted molar refractivity (Wildman–Crippen MR) is 113 cm³/mol. The van der Waals surface area contributed by atoms with Crippen molar-refractivity contribution in [1.29, 1.82) is 0 Å². The molecule has 15 heteroatoms. The lowest BCUT2D eigenvalue weighted by atomic mass is 10.1. The van der Waals surface area contributed by atoms with Crippen LogP contribution in [0.4, 0.5) is 23.0 Å². The Morgan fingerprint density at radius 2 is 1.58 bits per heavy atom. The lowest BCUT2D eigenvalue weighted by Gasteiger charge is -2.11. The molecule has 2 amide bonds. The monoisotopic (exact) mass is 453 g/mol. The van der Waals surface area contributed by atoms with Gasteiger partial charge in [0, 0.05) is 24.5 Å². The zero-order chi connectivity index (χ0) is 23.8. The van der Waals surface area contributed by atoms with Gasteiger partial charge in [0.1, 0.15) is 6.33 Å². The maximum Gasteiger partial charge on any atom is 0.356 e. The minimum Gasteiger partial charge on any atom is -0.276 e. The van der Waals surface area contributed by atoms with Crippen molar-refractivity contribution in [2.24, 2.45) is 0 Å². The van der Waals surface area contributed by atoms with Crippen molar-refractivity contribution in [3.8, 4) is 0 Å². The zero-order valence-electron chi connectivity index (χ0n) is 16.6. The lowest BCUT2D eigenvalue weighted by molar-refractivity contribution is -0.384. The van der Waals surface area contributed by atoms with Crippen molar-refractivity contribution >= 4 is 34.8 Å². The number of non-ortho nitro benzene ring substituents is 1. The highest BCUT2D eigenvalue weighted by atomic mass is 16.6. The second-order valence-electron chi connectivity index (χ2n) is 6.27. The average molecular weight is 453 g/mol. The van der Waals surface area contributed by atoms with Crippen molar-refractivity contribution in [2.45, 2.75) is 6.42 Å². The largest absolute Gasteiger partial charge is 0.356 e. The lowest BCUT2D eigenvalue weighted by Crippen LogP contribution is -2.33. The molecule has 2 aromatic heterocycles. The third-order valence-electron chi connectivity index (χ3n) is 4.06. The molecule has 0 unspecified atom stereocenters. The molecule has 0 atom stereocenters. The van der Waals surface area contributed by atoms with Gasteiger partial charge in [-0.3, -0.25) is 56.5 Å². The van der Waals surface area contributed by atoms with E-state index >= 15 is 0 Å². The molecular weight excluding hydrogens is 438 g/mol. The SMILES string of the molecule is O=C(Cc1ccc([N+](=O)[O-])cc1)NNc1ncnc(NNC(=O)c2cccnc2)c1[N+](=O)[O-]. The molecule has 1 aromatic carbocycles. The second kappa shape index (κ2) is 10.2. The maximum atomic E-state index is 12.1. The number of anilines is 2. The highest BCUT2D eigenvalue weighted by molar-refractivity contribution is 5.94. The predicted octanol–water partition coefficient (Wildman–Crippen LogP) is 1.13. The van der Waals surface area contributed by atoms with Crippen LogP contribution >= 0.6 is 0 Å². The third-order valence-corrected chi connectivity index (χ3v) is 4.06. The normalized spacial score (nSPS) is 10.1. The van der Waals surface area contributed by atoms with Gasteiger partial charge in [-0.2, -0.15) is 0 Å². The molecule has 3 aromatic rings. The van der Waals surface area contributed by atoms with Gasteiger partial charge in [0.05, 0.1) is 21.8 Å². The quantitative estimate of drug-likeness (QED) is 0.267. The molecule has 0 aliphatic rings. The molecule has 0 bridgehead atoms. The molecule has 3 rings (SSSR count). The molecule has 0 saturated heterocycles. The molecule has 4 N–H and O–H groups in total. The first kappa shape index (κ1) is 22.5. The van der Waals surface area contributed by atoms with E-state index < -0.39 is 27.3 Å². The Hall–Kier alpha value is -5.21. The fourth-order valence-corrected chi connectivity index (χ4v) is 2.51. The Bertz CT molecular complexity index is 1190. The molecule has 0 aliphatic heterocycles. The van der Waals surface area contributed by atoms with Gasteiger partial charge in [-0.25, -0.2) is 9.97 Å². The van der Waals surface area contributed by atoms with Crippen molar-refractivity contribution < 1.29 is 19.4 Å². The summed E-state index contributed by atoms with van der Waals surface area (Å²) < 4.78 is 0. The van der Waals surface area contributed by atoms with Crippen LogP contribution < -0.4 is 21.7 Å². The van der Waals surface area contributed by atoms with Gasteiger partial charge in [0.25, 0.3) is 11.6 Å². The standard InChI is InChI=1S/C18H15N9O6/c28-14(8-11-3-5-13(6-4-11)26(30)31)22-23-16-15(27(32)33)17(21-10-20-16)24-25-18(29)12-2-1-7-19-9-12/h1-7,9-10H,8H2,(H,22,28)(H,25,29)(H2,20,21,23,24). The van der Waals surface area contributed by atoms with Crippen molar-refractivity contribution in [2.75, 3.05) is 10.9 Å². The number of nitrogens with zero attached hydrogens (tertiary/aromatic N) is 5. The van der Waals surface area contributed by atoms with E-state index in [1.54, 1.807) is 6.07 Å². The van der Waals surface area contributed by atoms with Gasteiger partial charge in [-0.05, 0) is 17.7 Å². The summed E-state index contributed by atoms with van der Waals surface area (Å²) in [7, 11) is 0. The molecule has 168 valence electrons. The number of hydrogen-bond donors (Lipinski definition) is 4. The first-order valence-electron chi connectivity index (χ1n) is 9.09. The number of rotatable bonds is 9. The van der Waals surface area contributed by atoms with Crippen molar-refractivity contribution in [3.63, 3.8) is 0 Å². The number of amides is 2. The van der Waals surface area contributed by atoms with E-state index in [0.717, 1.165) is 6.33 Å². The average Bonchev–Trinajstić information content (AvgIpc) is 2.81. The highest BCUT2D eigenvalue weighted by Crippen LogP contribution is 2.27. The number of aromatic nitrogens is 3. The van der Waals surface area contributed by atoms with Gasteiger partial charge in [0.15, 0.2) is 0 Å². The Balaban J connectivity index is 1.65. The summed E-state index contributed by atoms with van der Waals surface area (Å²) in [6.45, 7) is 0. The summed E-state index contributed by atoms with van der Waals surface area (Å²) in [4.78, 5) is 56.4. The minimum absolute atomic E-state index is 0.121. The molecule has 0 fully saturated rings. The molecule has 33 heavy (non-hydrogen) atoms. The van der Waals surface area contributed by atoms with Gasteiger partial charge >= 0.3 is 5.69 Å². The van der Waals surface area contributed by atoms with Gasteiger partial charge in [-0.1, -0.05) is 12.1 Å². The first-order valence-corrected chi connectivity index (χ1v) is 9.09. The number of benzene rings is 1. The van der Waals surface area contributed by atoms with Crippen LogP contribution in [0.15, 0.2) is 55.1 Å². The van der Waals surface area contributed by atoms with E-state index in [4.69, 9.17) is 0 Å². The number of carbonyl (C=O) groups excluding carboxylic acids is 2. The van der Waals surface area contributed by atoms with Gasteiger partial charge in [-0.15, -0.1) is 0 Å². The second-order valence-corrected chi connectivity index (χ2v) is 6.27. The molecule has 0 radical (unpaired) electrons. The maximum absolute atomic E-state index is 12.1. The van der Waals surface area contributed by atoms with E-state index in [-0.39, 0.29) is 29.3 Å². The van der Waals surface area contributed by atoms with Crippen LogP contribution in [0, 0.1) is 20.2 Å². The van der Waals surface area contributed by atoms with Crippen LogP contribution in [-0.4, -0.2) is 36.6 Å². The minimum atomic E-state index is -0.802. The first-order chi connectivity index (χ1) is 15.8. The van der Waals surface area contributed by atoms with Gasteiger partial charge in [0.2, 0.25) is 17.5 Å². The van der Waals surface area contributed by atoms with Crippen LogP contribution in [-0.2, 0) is 11.2 Å². The van der Waals surface area contributed by atoms with E-state index in [1.807, 2.05) is 0 Å². The summed E-state index contributed by atoms with van der Waals surface area (Å²) in [5.41, 5.74) is 9.14. The van der Waals surface area contributed by atoms with Crippen molar-refractivity contribution in [3.05, 3.63) is 86.5 Å². The summed E-state index contributed by atoms with van der Waals surface area (Å²) >= 11 is 0. The summed E-state index contributed by atoms with van der Waals surface area (Å²) in [5, 5.41) is 22.2. The molecule has 0 aliphatic carbocycles. The molecule has 0 spiro atoms. The number of carbonyl (C=O) groups is 2. The van der Waals surface area contributed by atoms with E-state index in [0.29, 0.717) is 5.56 Å². The number of nitrogens with one attached hydrogen (secondary N) is 4. The fourth-order valence-electron chi connectivity index (χ4n) is 2.51. The van der Waals surface area contributed by atoms with Crippen LogP contribution in [0.25, 0.3) is 0 Å². The Kier molecular flexibility index (Phi) is 6.95. The molecule has 0 saturated carbocycles. The fraction of sp³-hybridized carbons (Fsp3) is 0.0556. The van der Waals surface area contributed by atoms with Crippen LogP contribution in [0.2, 0.25) is 0 Å². The van der Waals surface area contributed by atoms with Crippen LogP contribution in [0.5, 0.6) is 0 Å². The summed E-state index contributed by atoms with van der Waals surface area (Å²) in [5.74, 6) is -1.87. The Morgan fingerprint density at radius 3 is 2.15 bits per heavy atom. The van der Waals surface area contributed by atoms with E-state index in [9.17, 15) is 29.8 Å². The van der Waals surface area contributed by atoms with Crippen LogP contribution in [0.3, 0.4) is 0 Å². The number of nitro groups is 2. The highest BCUT2D eigenvalue weighted by Gasteiger charge is 2.24. The van der Waals surface area contributed by atoms with Crippen LogP contribution in [0.1, 0.15) is 15.9 Å². The number of nitro benzene ring substituents is 1. The number of hydrazine groups is 2. The molecule has 15 nitrogen and oxygen atoms in total. The number of hydrogen-bond acceptors (Lipinski definition) is 11. The van der Waals surface area contributed by atoms with Crippen molar-refractivity contribution in [1.82, 2.24) is 25.8 Å². The van der Waals surface area contributed by atoms with E-state index in [2.05, 4.69) is 36.7 Å². The molecular formula is C18H15N9O6. The Labute approximate surface area is 184 Å². The Morgan fingerprint density at radius 1 is 0.909 bits per heavy atom. The zero-order valence-corrected chi connectivity index (χ0v) is 16.6. The molecule has 2 heterocycles. The third kappa shape index (κ3) is 5.91. The summed E-state index contributed by atoms with van der Waals surface area (Å²) in [6.07, 6.45) is 3.61. The number of pyridine rings is 1. The summed E-state index contributed by atoms with van der Waals surface area (Å²) in [6, 6.07) is 8.37. The topological polar surface area (TPSA) is 207 Å². The smallest absolute Gasteiger partial charge is 0.276 e. The van der Waals surface area contributed by atoms with E-state index in [1.165, 1.54) is 42.7 Å². The van der Waals surface area contributed by atoms with Gasteiger partial charge < -0.3 is 0 Å².